The van der Waals surface area contributed by atoms with E-state index in [1.807, 2.05) is 18.2 Å². The third-order valence-electron chi connectivity index (χ3n) is 6.13. The Morgan fingerprint density at radius 1 is 1.06 bits per heavy atom. The fourth-order valence-corrected chi connectivity index (χ4v) is 4.34. The van der Waals surface area contributed by atoms with Gasteiger partial charge in [-0.25, -0.2) is 8.78 Å². The second kappa shape index (κ2) is 9.17. The Balaban J connectivity index is 1.33. The van der Waals surface area contributed by atoms with Crippen molar-refractivity contribution in [2.24, 2.45) is 0 Å². The zero-order chi connectivity index (χ0) is 22.9. The minimum Gasteiger partial charge on any atom is -0.394 e. The molecule has 1 amide bonds. The summed E-state index contributed by atoms with van der Waals surface area (Å²) in [6.45, 7) is 0.642. The Bertz CT molecular complexity index is 1000. The smallest absolute Gasteiger partial charge is 0.285 e. The van der Waals surface area contributed by atoms with E-state index in [-0.39, 0.29) is 31.1 Å². The van der Waals surface area contributed by atoms with Crippen molar-refractivity contribution in [3.05, 3.63) is 70.3 Å². The third-order valence-corrected chi connectivity index (χ3v) is 6.13. The Morgan fingerprint density at radius 2 is 1.84 bits per heavy atom. The first-order valence-corrected chi connectivity index (χ1v) is 10.6. The average Bonchev–Trinajstić information content (AvgIpc) is 3.18. The summed E-state index contributed by atoms with van der Waals surface area (Å²) >= 11 is 0. The van der Waals surface area contributed by atoms with Crippen LogP contribution in [-0.2, 0) is 30.4 Å². The van der Waals surface area contributed by atoms with E-state index in [2.05, 4.69) is 15.5 Å². The summed E-state index contributed by atoms with van der Waals surface area (Å²) in [6.07, 6.45) is 1.40. The molecule has 0 radical (unpaired) electrons. The minimum atomic E-state index is -3.34. The molecule has 3 N–H and O–H groups in total. The van der Waals surface area contributed by atoms with Gasteiger partial charge in [-0.15, -0.1) is 0 Å². The number of nitrogens with zero attached hydrogens (tertiary/aromatic N) is 1. The predicted molar refractivity (Wildman–Crippen MR) is 110 cm³/mol. The molecule has 0 spiro atoms. The molecule has 2 aliphatic rings. The number of carbonyl (C=O) groups is 1. The molecular weight excluding hydrogens is 426 g/mol. The first-order chi connectivity index (χ1) is 15.3. The van der Waals surface area contributed by atoms with E-state index < -0.39 is 29.7 Å². The van der Waals surface area contributed by atoms with Gasteiger partial charge in [0.1, 0.15) is 0 Å². The maximum Gasteiger partial charge on any atom is 0.285 e. The lowest BCUT2D eigenvalue weighted by Crippen LogP contribution is -2.53. The number of hydrogen-bond donors (Lipinski definition) is 3. The zero-order valence-electron chi connectivity index (χ0n) is 17.4. The maximum atomic E-state index is 14.3. The van der Waals surface area contributed by atoms with Crippen LogP contribution in [0.3, 0.4) is 0 Å². The van der Waals surface area contributed by atoms with Gasteiger partial charge in [-0.1, -0.05) is 18.2 Å². The summed E-state index contributed by atoms with van der Waals surface area (Å²) in [4.78, 5) is 14.5. The summed E-state index contributed by atoms with van der Waals surface area (Å²) in [7, 11) is 0. The van der Waals surface area contributed by atoms with E-state index >= 15 is 0 Å². The highest BCUT2D eigenvalue weighted by Crippen LogP contribution is 2.30. The first kappa shape index (κ1) is 22.7. The van der Waals surface area contributed by atoms with Crippen molar-refractivity contribution in [1.82, 2.24) is 15.5 Å². The number of aliphatic hydroxyl groups is 1. The largest absolute Gasteiger partial charge is 0.394 e. The van der Waals surface area contributed by atoms with Crippen LogP contribution in [0.4, 0.5) is 17.6 Å². The molecule has 0 aromatic heterocycles. The van der Waals surface area contributed by atoms with Gasteiger partial charge in [-0.2, -0.15) is 8.78 Å². The fourth-order valence-electron chi connectivity index (χ4n) is 4.34. The zero-order valence-corrected chi connectivity index (χ0v) is 17.4. The van der Waals surface area contributed by atoms with Crippen molar-refractivity contribution in [2.75, 3.05) is 13.2 Å². The van der Waals surface area contributed by atoms with Gasteiger partial charge in [-0.05, 0) is 47.7 Å². The van der Waals surface area contributed by atoms with Crippen LogP contribution in [0.15, 0.2) is 36.4 Å². The van der Waals surface area contributed by atoms with Gasteiger partial charge >= 0.3 is 0 Å². The molecule has 2 atom stereocenters. The molecule has 4 rings (SSSR count). The molecule has 172 valence electrons. The number of amides is 1. The number of halogens is 4. The second-order valence-electron chi connectivity index (χ2n) is 8.43. The van der Waals surface area contributed by atoms with Gasteiger partial charge in [0.25, 0.3) is 5.92 Å². The Labute approximate surface area is 183 Å². The predicted octanol–water partition coefficient (Wildman–Crippen LogP) is 2.80. The van der Waals surface area contributed by atoms with Crippen LogP contribution < -0.4 is 10.6 Å². The standard InChI is InChI=1S/C23H25F4N3O2/c24-19-5-3-17(8-20(19)25)23(26,27)13-28-9-14-1-2-15-10-30(11-16(15)7-14)21-6-4-18(12-31)29-22(21)32/h1-3,5,7-8,18,21,28,31H,4,6,9-13H2,(H,29,32). The van der Waals surface area contributed by atoms with Crippen LogP contribution in [0.1, 0.15) is 35.1 Å². The van der Waals surface area contributed by atoms with Gasteiger partial charge in [0.2, 0.25) is 5.91 Å². The molecule has 2 aromatic rings. The average molecular weight is 451 g/mol. The fraction of sp³-hybridized carbons (Fsp3) is 0.435. The molecular formula is C23H25F4N3O2. The van der Waals surface area contributed by atoms with Gasteiger partial charge in [0, 0.05) is 25.2 Å². The van der Waals surface area contributed by atoms with E-state index in [4.69, 9.17) is 0 Å². The van der Waals surface area contributed by atoms with Gasteiger partial charge in [0.15, 0.2) is 11.6 Å². The molecule has 2 aliphatic heterocycles. The van der Waals surface area contributed by atoms with E-state index in [0.29, 0.717) is 31.6 Å². The number of alkyl halides is 2. The molecule has 0 saturated carbocycles. The number of fused-ring (bicyclic) bond motifs is 1. The number of carbonyl (C=O) groups excluding carboxylic acids is 1. The number of hydrogen-bond acceptors (Lipinski definition) is 4. The summed E-state index contributed by atoms with van der Waals surface area (Å²) in [5, 5.41) is 14.8. The molecule has 9 heteroatoms. The Kier molecular flexibility index (Phi) is 6.50. The first-order valence-electron chi connectivity index (χ1n) is 10.6. The molecule has 0 aliphatic carbocycles. The summed E-state index contributed by atoms with van der Waals surface area (Å²) < 4.78 is 54.9. The number of benzene rings is 2. The normalized spacial score (nSPS) is 21.5. The van der Waals surface area contributed by atoms with Crippen LogP contribution in [0.25, 0.3) is 0 Å². The van der Waals surface area contributed by atoms with Gasteiger partial charge in [-0.3, -0.25) is 9.69 Å². The lowest BCUT2D eigenvalue weighted by atomic mass is 9.99. The van der Waals surface area contributed by atoms with Crippen LogP contribution >= 0.6 is 0 Å². The third kappa shape index (κ3) is 4.79. The van der Waals surface area contributed by atoms with Gasteiger partial charge in [0.05, 0.1) is 25.2 Å². The molecule has 32 heavy (non-hydrogen) atoms. The SMILES string of the molecule is O=C1NC(CO)CCC1N1Cc2ccc(CNCC(F)(F)c3ccc(F)c(F)c3)cc2C1. The lowest BCUT2D eigenvalue weighted by Gasteiger charge is -2.33. The topological polar surface area (TPSA) is 64.6 Å². The van der Waals surface area contributed by atoms with Crippen LogP contribution in [0.2, 0.25) is 0 Å². The highest BCUT2D eigenvalue weighted by molar-refractivity contribution is 5.83. The number of nitrogens with one attached hydrogen (secondary N) is 2. The number of rotatable bonds is 7. The summed E-state index contributed by atoms with van der Waals surface area (Å²) in [6, 6.07) is 7.40. The number of aliphatic hydroxyl groups excluding tert-OH is 1. The van der Waals surface area contributed by atoms with Crippen LogP contribution in [0.5, 0.6) is 0 Å². The monoisotopic (exact) mass is 451 g/mol. The molecule has 1 fully saturated rings. The van der Waals surface area contributed by atoms with Crippen molar-refractivity contribution in [3.8, 4) is 0 Å². The quantitative estimate of drug-likeness (QED) is 0.567. The number of piperidine rings is 1. The minimum absolute atomic E-state index is 0.0653. The van der Waals surface area contributed by atoms with Crippen molar-refractivity contribution in [1.29, 1.82) is 0 Å². The molecule has 2 aromatic carbocycles. The highest BCUT2D eigenvalue weighted by atomic mass is 19.3. The molecule has 2 unspecified atom stereocenters. The lowest BCUT2D eigenvalue weighted by molar-refractivity contribution is -0.130. The molecule has 2 heterocycles. The van der Waals surface area contributed by atoms with Crippen LogP contribution in [0, 0.1) is 11.6 Å². The highest BCUT2D eigenvalue weighted by Gasteiger charge is 2.35. The molecule has 1 saturated heterocycles. The second-order valence-corrected chi connectivity index (χ2v) is 8.43. The van der Waals surface area contributed by atoms with Crippen molar-refractivity contribution in [3.63, 3.8) is 0 Å². The van der Waals surface area contributed by atoms with Crippen molar-refractivity contribution < 1.29 is 27.5 Å². The summed E-state index contributed by atoms with van der Waals surface area (Å²) in [5.74, 6) is -5.89. The maximum absolute atomic E-state index is 14.3. The van der Waals surface area contributed by atoms with E-state index in [9.17, 15) is 27.5 Å². The van der Waals surface area contributed by atoms with E-state index in [0.717, 1.165) is 29.2 Å². The summed E-state index contributed by atoms with van der Waals surface area (Å²) in [5.41, 5.74) is 2.38. The van der Waals surface area contributed by atoms with E-state index in [1.165, 1.54) is 0 Å². The molecule has 0 bridgehead atoms. The van der Waals surface area contributed by atoms with Crippen molar-refractivity contribution >= 4 is 5.91 Å². The Hall–Kier alpha value is -2.49. The Morgan fingerprint density at radius 3 is 2.56 bits per heavy atom. The van der Waals surface area contributed by atoms with Gasteiger partial charge < -0.3 is 15.7 Å². The van der Waals surface area contributed by atoms with Crippen LogP contribution in [-0.4, -0.2) is 41.1 Å². The van der Waals surface area contributed by atoms with E-state index in [1.54, 1.807) is 0 Å². The molecule has 5 nitrogen and oxygen atoms in total. The van der Waals surface area contributed by atoms with Crippen molar-refractivity contribution in [2.45, 2.75) is 50.5 Å².